The third-order valence-corrected chi connectivity index (χ3v) is 8.82. The van der Waals surface area contributed by atoms with E-state index in [1.54, 1.807) is 32.7 Å². The zero-order valence-corrected chi connectivity index (χ0v) is 26.7. The predicted octanol–water partition coefficient (Wildman–Crippen LogP) is 7.22. The van der Waals surface area contributed by atoms with Crippen LogP contribution in [0.25, 0.3) is 11.2 Å². The Balaban J connectivity index is 1.16. The molecule has 0 spiro atoms. The first-order valence-corrected chi connectivity index (χ1v) is 15.8. The van der Waals surface area contributed by atoms with Gasteiger partial charge in [0.15, 0.2) is 17.0 Å². The van der Waals surface area contributed by atoms with Crippen LogP contribution in [0, 0.1) is 5.92 Å². The molecule has 0 saturated carbocycles. The van der Waals surface area contributed by atoms with E-state index in [9.17, 15) is 4.79 Å². The SMILES string of the molecule is COc1ccc(C(OC[C@H]2C=C[C@H](n3cnc4c(NC(=O)c5ccccc5)ncnc43)C2)(c2ccccc2)c2ccc(OC)cc2)cc1. The van der Waals surface area contributed by atoms with E-state index in [1.807, 2.05) is 65.2 Å². The highest BCUT2D eigenvalue weighted by Crippen LogP contribution is 2.43. The number of benzene rings is 4. The number of hydrogen-bond donors (Lipinski definition) is 1. The highest BCUT2D eigenvalue weighted by Gasteiger charge is 2.39. The number of anilines is 1. The molecule has 2 aromatic heterocycles. The van der Waals surface area contributed by atoms with Gasteiger partial charge in [0.2, 0.25) is 0 Å². The molecule has 48 heavy (non-hydrogen) atoms. The van der Waals surface area contributed by atoms with Crippen LogP contribution in [-0.2, 0) is 10.3 Å². The van der Waals surface area contributed by atoms with Crippen LogP contribution in [0.5, 0.6) is 11.5 Å². The van der Waals surface area contributed by atoms with Gasteiger partial charge in [-0.3, -0.25) is 4.79 Å². The van der Waals surface area contributed by atoms with Crippen molar-refractivity contribution in [2.45, 2.75) is 18.1 Å². The molecule has 2 heterocycles. The molecule has 1 N–H and O–H groups in total. The van der Waals surface area contributed by atoms with Crippen LogP contribution in [0.15, 0.2) is 134 Å². The van der Waals surface area contributed by atoms with Crippen LogP contribution in [-0.4, -0.2) is 46.3 Å². The first-order valence-electron chi connectivity index (χ1n) is 15.8. The Morgan fingerprint density at radius 2 is 1.38 bits per heavy atom. The Kier molecular flexibility index (Phi) is 8.68. The van der Waals surface area contributed by atoms with E-state index < -0.39 is 5.60 Å². The zero-order chi connectivity index (χ0) is 32.9. The Morgan fingerprint density at radius 3 is 2.00 bits per heavy atom. The lowest BCUT2D eigenvalue weighted by atomic mass is 9.80. The normalized spacial score (nSPS) is 15.8. The van der Waals surface area contributed by atoms with Crippen LogP contribution >= 0.6 is 0 Å². The number of aromatic nitrogens is 4. The van der Waals surface area contributed by atoms with Crippen molar-refractivity contribution in [3.8, 4) is 11.5 Å². The fourth-order valence-electron chi connectivity index (χ4n) is 6.34. The Morgan fingerprint density at radius 1 is 0.771 bits per heavy atom. The van der Waals surface area contributed by atoms with E-state index in [-0.39, 0.29) is 17.9 Å². The minimum absolute atomic E-state index is 0.00396. The quantitative estimate of drug-likeness (QED) is 0.118. The number of carbonyl (C=O) groups excluding carboxylic acids is 1. The molecule has 1 amide bonds. The number of hydrogen-bond acceptors (Lipinski definition) is 7. The smallest absolute Gasteiger partial charge is 0.256 e. The minimum Gasteiger partial charge on any atom is -0.497 e. The summed E-state index contributed by atoms with van der Waals surface area (Å²) in [7, 11) is 3.33. The highest BCUT2D eigenvalue weighted by atomic mass is 16.5. The molecule has 0 bridgehead atoms. The summed E-state index contributed by atoms with van der Waals surface area (Å²) in [6.07, 6.45) is 8.38. The molecular weight excluding hydrogens is 602 g/mol. The summed E-state index contributed by atoms with van der Waals surface area (Å²) in [6, 6.07) is 35.5. The standard InChI is InChI=1S/C39H35N5O4/c1-46-33-19-14-30(15-20-33)39(29-11-7-4-8-12-29,31-16-21-34(47-2)22-17-31)48-24-27-13-18-32(23-27)44-26-42-35-36(40-25-41-37(35)44)43-38(45)28-9-5-3-6-10-28/h3-22,25-27,32H,23-24H2,1-2H3,(H,40,41,43,45)/t27-,32-/m0/s1. The van der Waals surface area contributed by atoms with Gasteiger partial charge in [-0.2, -0.15) is 0 Å². The number of nitrogens with one attached hydrogen (secondary N) is 1. The number of rotatable bonds is 11. The summed E-state index contributed by atoms with van der Waals surface area (Å²) in [5.41, 5.74) is 3.83. The molecule has 0 aliphatic heterocycles. The predicted molar refractivity (Wildman–Crippen MR) is 184 cm³/mol. The number of amides is 1. The second kappa shape index (κ2) is 13.5. The number of imidazole rings is 1. The number of ether oxygens (including phenoxy) is 3. The van der Waals surface area contributed by atoms with E-state index in [4.69, 9.17) is 14.2 Å². The first kappa shape index (κ1) is 30.8. The number of fused-ring (bicyclic) bond motifs is 1. The Bertz CT molecular complexity index is 1980. The summed E-state index contributed by atoms with van der Waals surface area (Å²) in [5.74, 6) is 1.79. The molecule has 6 aromatic rings. The van der Waals surface area contributed by atoms with Crippen LogP contribution in [0.4, 0.5) is 5.82 Å². The van der Waals surface area contributed by atoms with Crippen molar-refractivity contribution >= 4 is 22.9 Å². The van der Waals surface area contributed by atoms with E-state index in [1.165, 1.54) is 6.33 Å². The van der Waals surface area contributed by atoms with Crippen LogP contribution in [0.3, 0.4) is 0 Å². The lowest BCUT2D eigenvalue weighted by Gasteiger charge is -2.37. The molecule has 4 aromatic carbocycles. The van der Waals surface area contributed by atoms with Gasteiger partial charge >= 0.3 is 0 Å². The van der Waals surface area contributed by atoms with Crippen LogP contribution in [0.1, 0.15) is 39.5 Å². The van der Waals surface area contributed by atoms with Gasteiger partial charge in [-0.1, -0.05) is 84.9 Å². The second-order valence-electron chi connectivity index (χ2n) is 11.6. The summed E-state index contributed by atoms with van der Waals surface area (Å²) < 4.78 is 20.1. The van der Waals surface area contributed by atoms with Crippen molar-refractivity contribution in [3.05, 3.63) is 156 Å². The van der Waals surface area contributed by atoms with Crippen LogP contribution < -0.4 is 14.8 Å². The van der Waals surface area contributed by atoms with E-state index in [2.05, 4.69) is 68.8 Å². The zero-order valence-electron chi connectivity index (χ0n) is 26.7. The molecule has 0 fully saturated rings. The summed E-state index contributed by atoms with van der Waals surface area (Å²) in [5, 5.41) is 2.89. The average molecular weight is 638 g/mol. The van der Waals surface area contributed by atoms with Crippen molar-refractivity contribution < 1.29 is 19.0 Å². The maximum atomic E-state index is 12.8. The third-order valence-electron chi connectivity index (χ3n) is 8.82. The van der Waals surface area contributed by atoms with Crippen molar-refractivity contribution in [1.82, 2.24) is 19.5 Å². The summed E-state index contributed by atoms with van der Waals surface area (Å²) >= 11 is 0. The maximum Gasteiger partial charge on any atom is 0.256 e. The molecule has 0 radical (unpaired) electrons. The summed E-state index contributed by atoms with van der Waals surface area (Å²) in [6.45, 7) is 0.458. The van der Waals surface area contributed by atoms with Gasteiger partial charge in [-0.05, 0) is 59.5 Å². The fraction of sp³-hybridized carbons (Fsp3) is 0.179. The molecule has 240 valence electrons. The third kappa shape index (κ3) is 5.91. The number of nitrogens with zero attached hydrogens (tertiary/aromatic N) is 4. The van der Waals surface area contributed by atoms with Gasteiger partial charge in [0.1, 0.15) is 23.4 Å². The highest BCUT2D eigenvalue weighted by molar-refractivity contribution is 6.06. The topological polar surface area (TPSA) is 100 Å². The molecular formula is C39H35N5O4. The molecule has 0 saturated heterocycles. The van der Waals surface area contributed by atoms with Crippen molar-refractivity contribution in [3.63, 3.8) is 0 Å². The lowest BCUT2D eigenvalue weighted by molar-refractivity contribution is -0.00164. The molecule has 7 rings (SSSR count). The molecule has 9 heteroatoms. The molecule has 2 atom stereocenters. The number of allylic oxidation sites excluding steroid dienone is 1. The molecule has 0 unspecified atom stereocenters. The molecule has 1 aliphatic rings. The number of carbonyl (C=O) groups is 1. The van der Waals surface area contributed by atoms with Crippen LogP contribution in [0.2, 0.25) is 0 Å². The van der Waals surface area contributed by atoms with Gasteiger partial charge in [-0.25, -0.2) is 15.0 Å². The number of methoxy groups -OCH3 is 2. The van der Waals surface area contributed by atoms with E-state index >= 15 is 0 Å². The van der Waals surface area contributed by atoms with Crippen molar-refractivity contribution in [2.75, 3.05) is 26.1 Å². The van der Waals surface area contributed by atoms with Gasteiger partial charge in [0.05, 0.1) is 33.2 Å². The van der Waals surface area contributed by atoms with Crippen molar-refractivity contribution in [2.24, 2.45) is 5.92 Å². The van der Waals surface area contributed by atoms with Gasteiger partial charge in [0.25, 0.3) is 5.91 Å². The molecule has 1 aliphatic carbocycles. The van der Waals surface area contributed by atoms with Gasteiger partial charge < -0.3 is 24.1 Å². The minimum atomic E-state index is -0.896. The van der Waals surface area contributed by atoms with E-state index in [0.717, 1.165) is 34.6 Å². The fourth-order valence-corrected chi connectivity index (χ4v) is 6.34. The lowest BCUT2D eigenvalue weighted by Crippen LogP contribution is -2.34. The van der Waals surface area contributed by atoms with E-state index in [0.29, 0.717) is 29.2 Å². The maximum absolute atomic E-state index is 12.8. The second-order valence-corrected chi connectivity index (χ2v) is 11.6. The van der Waals surface area contributed by atoms with Gasteiger partial charge in [-0.15, -0.1) is 0 Å². The largest absolute Gasteiger partial charge is 0.497 e. The average Bonchev–Trinajstić information content (AvgIpc) is 3.81. The van der Waals surface area contributed by atoms with Gasteiger partial charge in [0, 0.05) is 11.5 Å². The Labute approximate surface area is 278 Å². The Hall–Kier alpha value is -5.80. The molecule has 9 nitrogen and oxygen atoms in total. The van der Waals surface area contributed by atoms with Crippen molar-refractivity contribution in [1.29, 1.82) is 0 Å². The first-order chi connectivity index (χ1) is 23.6. The summed E-state index contributed by atoms with van der Waals surface area (Å²) in [4.78, 5) is 26.3. The monoisotopic (exact) mass is 637 g/mol.